The van der Waals surface area contributed by atoms with Gasteiger partial charge in [-0.15, -0.1) is 0 Å². The Labute approximate surface area is 65.2 Å². The molecule has 0 heterocycles. The number of rotatable bonds is 7. The highest BCUT2D eigenvalue weighted by molar-refractivity contribution is 4.37. The summed E-state index contributed by atoms with van der Waals surface area (Å²) in [6, 6.07) is 0. The lowest BCUT2D eigenvalue weighted by Gasteiger charge is -2.10. The third-order valence-corrected chi connectivity index (χ3v) is 0.898. The fourth-order valence-electron chi connectivity index (χ4n) is 0.486. The lowest BCUT2D eigenvalue weighted by molar-refractivity contribution is -0.144. The largest absolute Gasteiger partial charge is 0.394 e. The fourth-order valence-corrected chi connectivity index (χ4v) is 0.486. The molecule has 0 rings (SSSR count). The van der Waals surface area contributed by atoms with Crippen LogP contribution in [0.5, 0.6) is 0 Å². The molecule has 68 valence electrons. The van der Waals surface area contributed by atoms with Gasteiger partial charge >= 0.3 is 0 Å². The third kappa shape index (κ3) is 7.70. The zero-order valence-corrected chi connectivity index (χ0v) is 6.27. The summed E-state index contributed by atoms with van der Waals surface area (Å²) < 4.78 is 9.37. The maximum Gasteiger partial charge on any atom is 0.178 e. The van der Waals surface area contributed by atoms with Crippen molar-refractivity contribution in [1.29, 1.82) is 0 Å². The van der Waals surface area contributed by atoms with Crippen LogP contribution in [0.1, 0.15) is 0 Å². The van der Waals surface area contributed by atoms with E-state index in [-0.39, 0.29) is 33.0 Å². The van der Waals surface area contributed by atoms with Crippen LogP contribution in [0.25, 0.3) is 0 Å². The fraction of sp³-hybridized carbons (Fsp3) is 1.00. The Bertz CT molecular complexity index is 77.4. The molecule has 0 spiro atoms. The summed E-state index contributed by atoms with van der Waals surface area (Å²) in [5.41, 5.74) is 0. The Hall–Kier alpha value is -0.200. The molecule has 0 bridgehead atoms. The molecule has 5 nitrogen and oxygen atoms in total. The molecule has 0 aromatic rings. The van der Waals surface area contributed by atoms with Gasteiger partial charge in [-0.1, -0.05) is 0 Å². The Morgan fingerprint density at radius 2 is 1.73 bits per heavy atom. The third-order valence-electron chi connectivity index (χ3n) is 0.898. The van der Waals surface area contributed by atoms with E-state index < -0.39 is 6.29 Å². The van der Waals surface area contributed by atoms with Crippen molar-refractivity contribution in [2.24, 2.45) is 0 Å². The summed E-state index contributed by atoms with van der Waals surface area (Å²) in [6.07, 6.45) is -1.02. The van der Waals surface area contributed by atoms with Gasteiger partial charge in [0.1, 0.15) is 0 Å². The van der Waals surface area contributed by atoms with Crippen LogP contribution in [0.3, 0.4) is 0 Å². The topological polar surface area (TPSA) is 79.2 Å². The van der Waals surface area contributed by atoms with Crippen LogP contribution in [-0.2, 0) is 9.47 Å². The monoisotopic (exact) mass is 166 g/mol. The maximum absolute atomic E-state index is 8.87. The zero-order chi connectivity index (χ0) is 8.53. The van der Waals surface area contributed by atoms with E-state index in [1.54, 1.807) is 0 Å². The lowest BCUT2D eigenvalue weighted by atomic mass is 10.6. The first-order valence-electron chi connectivity index (χ1n) is 3.40. The van der Waals surface area contributed by atoms with E-state index in [2.05, 4.69) is 4.74 Å². The smallest absolute Gasteiger partial charge is 0.178 e. The summed E-state index contributed by atoms with van der Waals surface area (Å²) >= 11 is 0. The predicted octanol–water partition coefficient (Wildman–Crippen LogP) is -1.68. The number of hydrogen-bond acceptors (Lipinski definition) is 5. The lowest BCUT2D eigenvalue weighted by Crippen LogP contribution is -2.21. The number of aliphatic hydroxyl groups is 3. The van der Waals surface area contributed by atoms with Crippen molar-refractivity contribution in [1.82, 2.24) is 0 Å². The van der Waals surface area contributed by atoms with E-state index in [9.17, 15) is 0 Å². The van der Waals surface area contributed by atoms with E-state index in [4.69, 9.17) is 20.1 Å². The van der Waals surface area contributed by atoms with Crippen molar-refractivity contribution in [3.05, 3.63) is 0 Å². The molecule has 11 heavy (non-hydrogen) atoms. The van der Waals surface area contributed by atoms with E-state index >= 15 is 0 Å². The molecule has 0 saturated carbocycles. The molecule has 0 saturated heterocycles. The molecule has 5 heteroatoms. The van der Waals surface area contributed by atoms with E-state index in [1.807, 2.05) is 0 Å². The predicted molar refractivity (Wildman–Crippen MR) is 36.9 cm³/mol. The highest BCUT2D eigenvalue weighted by Gasteiger charge is 2.01. The van der Waals surface area contributed by atoms with Gasteiger partial charge in [-0.2, -0.15) is 0 Å². The average molecular weight is 166 g/mol. The van der Waals surface area contributed by atoms with Gasteiger partial charge in [0.05, 0.1) is 33.0 Å². The quantitative estimate of drug-likeness (QED) is 0.311. The van der Waals surface area contributed by atoms with Crippen LogP contribution < -0.4 is 0 Å². The average Bonchev–Trinajstić information content (AvgIpc) is 2.01. The molecule has 0 aliphatic carbocycles. The molecular weight excluding hydrogens is 152 g/mol. The minimum absolute atomic E-state index is 0.0144. The summed E-state index contributed by atoms with van der Waals surface area (Å²) in [5.74, 6) is 0. The summed E-state index contributed by atoms with van der Waals surface area (Å²) in [6.45, 7) is 0.0769. The van der Waals surface area contributed by atoms with E-state index in [0.717, 1.165) is 0 Å². The second-order valence-corrected chi connectivity index (χ2v) is 1.85. The van der Waals surface area contributed by atoms with Crippen molar-refractivity contribution in [3.8, 4) is 0 Å². The van der Waals surface area contributed by atoms with Gasteiger partial charge in [-0.05, 0) is 0 Å². The minimum Gasteiger partial charge on any atom is -0.394 e. The SMILES string of the molecule is OCCOC[C@H](O)OCCO. The number of ether oxygens (including phenoxy) is 2. The Balaban J connectivity index is 3.02. The Morgan fingerprint density at radius 3 is 2.27 bits per heavy atom. The Kier molecular flexibility index (Phi) is 7.76. The number of aliphatic hydroxyl groups excluding tert-OH is 3. The molecular formula is C6H14O5. The second-order valence-electron chi connectivity index (χ2n) is 1.85. The standard InChI is InChI=1S/C6H14O5/c7-1-3-10-5-6(9)11-4-2-8/h6-9H,1-5H2/t6-/m1/s1. The zero-order valence-electron chi connectivity index (χ0n) is 6.27. The first-order valence-corrected chi connectivity index (χ1v) is 3.40. The normalized spacial score (nSPS) is 13.4. The molecule has 0 amide bonds. The minimum atomic E-state index is -1.02. The van der Waals surface area contributed by atoms with Crippen LogP contribution in [0.4, 0.5) is 0 Å². The van der Waals surface area contributed by atoms with Gasteiger partial charge in [0, 0.05) is 0 Å². The first kappa shape index (κ1) is 10.8. The van der Waals surface area contributed by atoms with Gasteiger partial charge in [0.25, 0.3) is 0 Å². The van der Waals surface area contributed by atoms with Gasteiger partial charge < -0.3 is 24.8 Å². The maximum atomic E-state index is 8.87. The molecule has 0 unspecified atom stereocenters. The van der Waals surface area contributed by atoms with Crippen LogP contribution >= 0.6 is 0 Å². The van der Waals surface area contributed by atoms with Gasteiger partial charge in [-0.3, -0.25) is 0 Å². The summed E-state index contributed by atoms with van der Waals surface area (Å²) in [5, 5.41) is 25.4. The summed E-state index contributed by atoms with van der Waals surface area (Å²) in [4.78, 5) is 0. The van der Waals surface area contributed by atoms with Gasteiger partial charge in [0.15, 0.2) is 6.29 Å². The van der Waals surface area contributed by atoms with Crippen LogP contribution in [0.2, 0.25) is 0 Å². The number of hydrogen-bond donors (Lipinski definition) is 3. The van der Waals surface area contributed by atoms with E-state index in [1.165, 1.54) is 0 Å². The molecule has 0 radical (unpaired) electrons. The van der Waals surface area contributed by atoms with Crippen LogP contribution in [-0.4, -0.2) is 54.6 Å². The van der Waals surface area contributed by atoms with Crippen molar-refractivity contribution in [2.45, 2.75) is 6.29 Å². The molecule has 0 aromatic carbocycles. The highest BCUT2D eigenvalue weighted by atomic mass is 16.6. The molecule has 0 fully saturated rings. The van der Waals surface area contributed by atoms with E-state index in [0.29, 0.717) is 0 Å². The Morgan fingerprint density at radius 1 is 1.09 bits per heavy atom. The van der Waals surface area contributed by atoms with Gasteiger partial charge in [-0.25, -0.2) is 0 Å². The summed E-state index contributed by atoms with van der Waals surface area (Å²) in [7, 11) is 0. The van der Waals surface area contributed by atoms with Gasteiger partial charge in [0.2, 0.25) is 0 Å². The highest BCUT2D eigenvalue weighted by Crippen LogP contribution is 1.87. The van der Waals surface area contributed by atoms with Crippen molar-refractivity contribution in [3.63, 3.8) is 0 Å². The van der Waals surface area contributed by atoms with Crippen LogP contribution in [0.15, 0.2) is 0 Å². The molecule has 0 aliphatic heterocycles. The second kappa shape index (κ2) is 7.90. The van der Waals surface area contributed by atoms with Crippen LogP contribution in [0, 0.1) is 0 Å². The molecule has 0 aliphatic rings. The molecule has 1 atom stereocenters. The van der Waals surface area contributed by atoms with Crippen molar-refractivity contribution >= 4 is 0 Å². The van der Waals surface area contributed by atoms with Crippen molar-refractivity contribution < 1.29 is 24.8 Å². The molecule has 3 N–H and O–H groups in total. The first-order chi connectivity index (χ1) is 5.31. The molecule has 0 aromatic heterocycles. The van der Waals surface area contributed by atoms with Crippen molar-refractivity contribution in [2.75, 3.05) is 33.0 Å².